The summed E-state index contributed by atoms with van der Waals surface area (Å²) in [6, 6.07) is 13.7. The summed E-state index contributed by atoms with van der Waals surface area (Å²) in [7, 11) is -2.41. The summed E-state index contributed by atoms with van der Waals surface area (Å²) in [5, 5.41) is 3.02. The average molecular weight is 616 g/mol. The summed E-state index contributed by atoms with van der Waals surface area (Å²) in [5.41, 5.74) is 6.85. The van der Waals surface area contributed by atoms with Crippen molar-refractivity contribution < 1.29 is 27.5 Å². The molecule has 0 fully saturated rings. The lowest BCUT2D eigenvalue weighted by atomic mass is 9.77. The van der Waals surface area contributed by atoms with Gasteiger partial charge in [0.05, 0.1) is 24.0 Å². The van der Waals surface area contributed by atoms with E-state index in [0.717, 1.165) is 49.8 Å². The fourth-order valence-electron chi connectivity index (χ4n) is 6.74. The summed E-state index contributed by atoms with van der Waals surface area (Å²) in [5.74, 6) is -0.516. The van der Waals surface area contributed by atoms with E-state index in [2.05, 4.69) is 16.1 Å². The number of nitrogens with one attached hydrogen (secondary N) is 2. The van der Waals surface area contributed by atoms with Crippen LogP contribution >= 0.6 is 0 Å². The number of fused-ring (bicyclic) bond motifs is 3. The molecule has 230 valence electrons. The first-order valence-electron chi connectivity index (χ1n) is 15.1. The number of hydrogen-bond donors (Lipinski definition) is 2. The molecule has 2 N–H and O–H groups in total. The molecule has 0 saturated heterocycles. The van der Waals surface area contributed by atoms with Crippen LogP contribution in [-0.4, -0.2) is 51.2 Å². The highest BCUT2D eigenvalue weighted by Crippen LogP contribution is 2.39. The van der Waals surface area contributed by atoms with Crippen LogP contribution in [0.1, 0.15) is 70.4 Å². The molecule has 2 aliphatic carbocycles. The Morgan fingerprint density at radius 3 is 2.23 bits per heavy atom. The first-order chi connectivity index (χ1) is 21.0. The van der Waals surface area contributed by atoms with E-state index in [-0.39, 0.29) is 29.8 Å². The van der Waals surface area contributed by atoms with Gasteiger partial charge in [-0.2, -0.15) is 0 Å². The van der Waals surface area contributed by atoms with Crippen molar-refractivity contribution in [2.75, 3.05) is 25.5 Å². The minimum atomic E-state index is -3.94. The van der Waals surface area contributed by atoms with Crippen LogP contribution in [0, 0.1) is 0 Å². The molecule has 3 aromatic rings. The normalized spacial score (nSPS) is 16.8. The van der Waals surface area contributed by atoms with Crippen molar-refractivity contribution in [2.45, 2.75) is 69.1 Å². The zero-order valence-corrected chi connectivity index (χ0v) is 26.1. The van der Waals surface area contributed by atoms with Gasteiger partial charge in [0.15, 0.2) is 0 Å². The summed E-state index contributed by atoms with van der Waals surface area (Å²) in [6.45, 7) is 3.37. The highest BCUT2D eigenvalue weighted by atomic mass is 32.2. The average Bonchev–Trinajstić information content (AvgIpc) is 3.69. The SMILES string of the molecule is COc1ccc2c(c1)C(=O)N(CCc1ccc(S(=O)(=O)NCC(=O)Nc3c4c(cc5c3CCC5)CCC4)cc1)C(=O)C2(C)C. The van der Waals surface area contributed by atoms with Crippen molar-refractivity contribution in [1.82, 2.24) is 9.62 Å². The number of aryl methyl sites for hydroxylation is 2. The molecule has 44 heavy (non-hydrogen) atoms. The van der Waals surface area contributed by atoms with Crippen molar-refractivity contribution in [2.24, 2.45) is 0 Å². The van der Waals surface area contributed by atoms with Crippen molar-refractivity contribution in [3.05, 3.63) is 87.5 Å². The number of ether oxygens (including phenoxy) is 1. The van der Waals surface area contributed by atoms with Gasteiger partial charge in [0.2, 0.25) is 21.8 Å². The number of carbonyl (C=O) groups is 3. The number of benzene rings is 3. The van der Waals surface area contributed by atoms with E-state index in [9.17, 15) is 22.8 Å². The van der Waals surface area contributed by atoms with Gasteiger partial charge in [0, 0.05) is 17.8 Å². The molecule has 0 saturated carbocycles. The highest BCUT2D eigenvalue weighted by Gasteiger charge is 2.44. The van der Waals surface area contributed by atoms with Gasteiger partial charge in [0.1, 0.15) is 5.75 Å². The van der Waals surface area contributed by atoms with Crippen molar-refractivity contribution in [3.8, 4) is 5.75 Å². The third-order valence-electron chi connectivity index (χ3n) is 9.17. The van der Waals surface area contributed by atoms with Crippen LogP contribution < -0.4 is 14.8 Å². The number of sulfonamides is 1. The van der Waals surface area contributed by atoms with Crippen molar-refractivity contribution in [1.29, 1.82) is 0 Å². The Kier molecular flexibility index (Phi) is 7.83. The number of rotatable bonds is 9. The monoisotopic (exact) mass is 615 g/mol. The molecular weight excluding hydrogens is 578 g/mol. The minimum absolute atomic E-state index is 0.0304. The van der Waals surface area contributed by atoms with Crippen molar-refractivity contribution >= 4 is 33.4 Å². The van der Waals surface area contributed by atoms with Crippen LogP contribution in [0.2, 0.25) is 0 Å². The lowest BCUT2D eigenvalue weighted by molar-refractivity contribution is -0.134. The first kappa shape index (κ1) is 30.0. The van der Waals surface area contributed by atoms with Gasteiger partial charge in [-0.1, -0.05) is 24.3 Å². The standard InChI is InChI=1S/C34H37N3O6S/c1-34(2)29-15-12-24(43-3)19-28(29)32(39)37(33(34)40)17-16-21-10-13-25(14-11-21)44(41,42)35-20-30(38)36-31-26-8-4-6-22(26)18-23-7-5-9-27(23)31/h10-15,18-19,35H,4-9,16-17,20H2,1-3H3,(H,36,38). The fourth-order valence-corrected chi connectivity index (χ4v) is 7.72. The third-order valence-corrected chi connectivity index (χ3v) is 10.6. The molecule has 3 aromatic carbocycles. The maximum Gasteiger partial charge on any atom is 0.260 e. The summed E-state index contributed by atoms with van der Waals surface area (Å²) in [4.78, 5) is 40.7. The number of hydrogen-bond acceptors (Lipinski definition) is 6. The molecule has 10 heteroatoms. The highest BCUT2D eigenvalue weighted by molar-refractivity contribution is 7.89. The lowest BCUT2D eigenvalue weighted by Gasteiger charge is -2.37. The topological polar surface area (TPSA) is 122 Å². The van der Waals surface area contributed by atoms with Crippen LogP contribution in [0.4, 0.5) is 5.69 Å². The number of carbonyl (C=O) groups excluding carboxylic acids is 3. The quantitative estimate of drug-likeness (QED) is 0.350. The molecule has 0 spiro atoms. The second kappa shape index (κ2) is 11.5. The Bertz CT molecular complexity index is 1750. The fraction of sp³-hybridized carbons (Fsp3) is 0.382. The Hall–Kier alpha value is -4.02. The number of anilines is 1. The van der Waals surface area contributed by atoms with Gasteiger partial charge < -0.3 is 10.1 Å². The zero-order chi connectivity index (χ0) is 31.2. The molecule has 1 heterocycles. The largest absolute Gasteiger partial charge is 0.497 e. The maximum absolute atomic E-state index is 13.3. The van der Waals surface area contributed by atoms with E-state index >= 15 is 0 Å². The Morgan fingerprint density at radius 2 is 1.59 bits per heavy atom. The lowest BCUT2D eigenvalue weighted by Crippen LogP contribution is -2.52. The summed E-state index contributed by atoms with van der Waals surface area (Å²) in [6.07, 6.45) is 6.37. The molecule has 0 unspecified atom stereocenters. The number of imide groups is 1. The number of amides is 3. The van der Waals surface area contributed by atoms with E-state index in [4.69, 9.17) is 4.74 Å². The predicted octanol–water partition coefficient (Wildman–Crippen LogP) is 4.09. The minimum Gasteiger partial charge on any atom is -0.497 e. The third kappa shape index (κ3) is 5.41. The molecule has 0 atom stereocenters. The van der Waals surface area contributed by atoms with Gasteiger partial charge in [-0.3, -0.25) is 19.3 Å². The first-order valence-corrected chi connectivity index (χ1v) is 16.6. The summed E-state index contributed by atoms with van der Waals surface area (Å²) < 4.78 is 33.7. The van der Waals surface area contributed by atoms with E-state index in [1.807, 2.05) is 0 Å². The number of nitrogens with zero attached hydrogens (tertiary/aromatic N) is 1. The Labute approximate surface area is 258 Å². The van der Waals surface area contributed by atoms with Gasteiger partial charge in [-0.25, -0.2) is 13.1 Å². The smallest absolute Gasteiger partial charge is 0.260 e. The molecule has 6 rings (SSSR count). The molecule has 0 bridgehead atoms. The van der Waals surface area contributed by atoms with Gasteiger partial charge in [0.25, 0.3) is 5.91 Å². The predicted molar refractivity (Wildman–Crippen MR) is 167 cm³/mol. The molecule has 0 aromatic heterocycles. The van der Waals surface area contributed by atoms with Crippen LogP contribution in [-0.2, 0) is 57.1 Å². The van der Waals surface area contributed by atoms with Crippen LogP contribution in [0.25, 0.3) is 0 Å². The second-order valence-corrected chi connectivity index (χ2v) is 14.1. The van der Waals surface area contributed by atoms with Crippen LogP contribution in [0.3, 0.4) is 0 Å². The van der Waals surface area contributed by atoms with Crippen molar-refractivity contribution in [3.63, 3.8) is 0 Å². The van der Waals surface area contributed by atoms with E-state index in [0.29, 0.717) is 23.3 Å². The van der Waals surface area contributed by atoms with E-state index < -0.39 is 21.3 Å². The second-order valence-electron chi connectivity index (χ2n) is 12.3. The van der Waals surface area contributed by atoms with Crippen LogP contribution in [0.15, 0.2) is 53.4 Å². The Morgan fingerprint density at radius 1 is 0.932 bits per heavy atom. The molecule has 3 aliphatic rings. The summed E-state index contributed by atoms with van der Waals surface area (Å²) >= 11 is 0. The zero-order valence-electron chi connectivity index (χ0n) is 25.3. The molecule has 9 nitrogen and oxygen atoms in total. The Balaban J connectivity index is 1.09. The van der Waals surface area contributed by atoms with Gasteiger partial charge >= 0.3 is 0 Å². The van der Waals surface area contributed by atoms with E-state index in [1.165, 1.54) is 46.4 Å². The molecule has 0 radical (unpaired) electrons. The van der Waals surface area contributed by atoms with Gasteiger partial charge in [-0.05, 0) is 116 Å². The molecule has 1 aliphatic heterocycles. The van der Waals surface area contributed by atoms with Gasteiger partial charge in [-0.15, -0.1) is 0 Å². The van der Waals surface area contributed by atoms with Crippen LogP contribution in [0.5, 0.6) is 5.75 Å². The van der Waals surface area contributed by atoms with E-state index in [1.54, 1.807) is 44.2 Å². The molecular formula is C34H37N3O6S. The number of methoxy groups -OCH3 is 1. The molecule has 3 amide bonds. The maximum atomic E-state index is 13.3.